The quantitative estimate of drug-likeness (QED) is 0.347. The zero-order valence-corrected chi connectivity index (χ0v) is 16.2. The number of amides is 3. The smallest absolute Gasteiger partial charge is 0.305 e. The van der Waals surface area contributed by atoms with Crippen molar-refractivity contribution in [3.63, 3.8) is 0 Å². The van der Waals surface area contributed by atoms with E-state index in [4.69, 9.17) is 46.4 Å². The van der Waals surface area contributed by atoms with Gasteiger partial charge in [0.15, 0.2) is 0 Å². The second-order valence-electron chi connectivity index (χ2n) is 4.62. The molecule has 0 saturated heterocycles. The van der Waals surface area contributed by atoms with Gasteiger partial charge in [0.25, 0.3) is 0 Å². The van der Waals surface area contributed by atoms with Gasteiger partial charge in [-0.05, 0) is 36.4 Å². The Labute approximate surface area is 168 Å². The molecule has 0 aromatic heterocycles. The van der Waals surface area contributed by atoms with Gasteiger partial charge < -0.3 is 5.32 Å². The normalized spacial score (nSPS) is 10.2. The summed E-state index contributed by atoms with van der Waals surface area (Å²) >= 11 is 24.7. The largest absolute Gasteiger partial charge is 0.337 e. The SMILES string of the molecule is O=C(CSc1ccc(Cl)cc1)NNC(=O)Nc1cc(Cl)c(Cl)cc1Cl. The van der Waals surface area contributed by atoms with Crippen molar-refractivity contribution in [2.24, 2.45) is 0 Å². The molecule has 2 aromatic rings. The average Bonchev–Trinajstić information content (AvgIpc) is 2.57. The average molecular weight is 439 g/mol. The van der Waals surface area contributed by atoms with Crippen LogP contribution in [0, 0.1) is 0 Å². The molecule has 0 bridgehead atoms. The van der Waals surface area contributed by atoms with Crippen molar-refractivity contribution < 1.29 is 9.59 Å². The summed E-state index contributed by atoms with van der Waals surface area (Å²) in [6, 6.07) is 9.19. The molecule has 0 saturated carbocycles. The summed E-state index contributed by atoms with van der Waals surface area (Å²) in [4.78, 5) is 24.4. The lowest BCUT2D eigenvalue weighted by Crippen LogP contribution is -2.44. The standard InChI is InChI=1S/C15H11Cl4N3O2S/c16-8-1-3-9(4-2-8)25-7-14(23)21-22-15(24)20-13-6-11(18)10(17)5-12(13)19/h1-6H,7H2,(H,21,23)(H2,20,22,24). The molecular weight excluding hydrogens is 428 g/mol. The summed E-state index contributed by atoms with van der Waals surface area (Å²) < 4.78 is 0. The van der Waals surface area contributed by atoms with Gasteiger partial charge >= 0.3 is 6.03 Å². The van der Waals surface area contributed by atoms with Gasteiger partial charge in [0.05, 0.1) is 26.5 Å². The first kappa shape index (κ1) is 20.0. The highest BCUT2D eigenvalue weighted by molar-refractivity contribution is 8.00. The van der Waals surface area contributed by atoms with Crippen LogP contribution in [0.25, 0.3) is 0 Å². The molecule has 0 heterocycles. The molecule has 2 rings (SSSR count). The maximum absolute atomic E-state index is 11.8. The van der Waals surface area contributed by atoms with Crippen molar-refractivity contribution in [1.29, 1.82) is 0 Å². The highest BCUT2D eigenvalue weighted by Crippen LogP contribution is 2.32. The van der Waals surface area contributed by atoms with Crippen molar-refractivity contribution in [2.75, 3.05) is 11.1 Å². The Morgan fingerprint density at radius 3 is 2.20 bits per heavy atom. The third-order valence-corrected chi connectivity index (χ3v) is 5.06. The van der Waals surface area contributed by atoms with Gasteiger partial charge in [-0.15, -0.1) is 11.8 Å². The molecule has 0 unspecified atom stereocenters. The van der Waals surface area contributed by atoms with Gasteiger partial charge in [-0.1, -0.05) is 46.4 Å². The molecule has 0 radical (unpaired) electrons. The number of thioether (sulfide) groups is 1. The van der Waals surface area contributed by atoms with E-state index in [0.717, 1.165) is 4.90 Å². The second-order valence-corrected chi connectivity index (χ2v) is 7.32. The number of nitrogens with one attached hydrogen (secondary N) is 3. The number of halogens is 4. The van der Waals surface area contributed by atoms with Crippen LogP contribution in [0.15, 0.2) is 41.3 Å². The van der Waals surface area contributed by atoms with E-state index < -0.39 is 6.03 Å². The van der Waals surface area contributed by atoms with E-state index in [9.17, 15) is 9.59 Å². The van der Waals surface area contributed by atoms with Crippen LogP contribution in [0.2, 0.25) is 20.1 Å². The number of carbonyl (C=O) groups excluding carboxylic acids is 2. The van der Waals surface area contributed by atoms with Crippen LogP contribution in [0.1, 0.15) is 0 Å². The number of benzene rings is 2. The lowest BCUT2D eigenvalue weighted by atomic mass is 10.3. The number of urea groups is 1. The zero-order valence-electron chi connectivity index (χ0n) is 12.4. The van der Waals surface area contributed by atoms with Gasteiger partial charge in [0, 0.05) is 9.92 Å². The molecular formula is C15H11Cl4N3O2S. The van der Waals surface area contributed by atoms with E-state index in [2.05, 4.69) is 16.2 Å². The van der Waals surface area contributed by atoms with E-state index in [1.54, 1.807) is 24.3 Å². The minimum Gasteiger partial charge on any atom is -0.305 e. The maximum Gasteiger partial charge on any atom is 0.337 e. The van der Waals surface area contributed by atoms with Crippen LogP contribution in [-0.4, -0.2) is 17.7 Å². The van der Waals surface area contributed by atoms with E-state index >= 15 is 0 Å². The maximum atomic E-state index is 11.8. The van der Waals surface area contributed by atoms with Crippen molar-refractivity contribution in [2.45, 2.75) is 4.90 Å². The molecule has 0 atom stereocenters. The van der Waals surface area contributed by atoms with Crippen molar-refractivity contribution in [3.05, 3.63) is 56.5 Å². The number of rotatable bonds is 4. The Balaban J connectivity index is 1.78. The van der Waals surface area contributed by atoms with Crippen LogP contribution in [0.3, 0.4) is 0 Å². The number of hydrogen-bond acceptors (Lipinski definition) is 3. The van der Waals surface area contributed by atoms with Crippen molar-refractivity contribution in [1.82, 2.24) is 10.9 Å². The summed E-state index contributed by atoms with van der Waals surface area (Å²) in [6.07, 6.45) is 0. The Hall–Kier alpha value is -1.31. The summed E-state index contributed by atoms with van der Waals surface area (Å²) in [5.74, 6) is -0.259. The molecule has 3 N–H and O–H groups in total. The van der Waals surface area contributed by atoms with E-state index in [1.807, 2.05) is 0 Å². The van der Waals surface area contributed by atoms with E-state index in [0.29, 0.717) is 5.02 Å². The van der Waals surface area contributed by atoms with Gasteiger partial charge in [0.1, 0.15) is 0 Å². The third kappa shape index (κ3) is 6.49. The zero-order chi connectivity index (χ0) is 18.4. The van der Waals surface area contributed by atoms with Gasteiger partial charge in [0.2, 0.25) is 5.91 Å². The minimum absolute atomic E-state index is 0.120. The summed E-state index contributed by atoms with van der Waals surface area (Å²) in [7, 11) is 0. The fourth-order valence-corrected chi connectivity index (χ4v) is 3.03. The summed E-state index contributed by atoms with van der Waals surface area (Å²) in [6.45, 7) is 0. The molecule has 0 aliphatic carbocycles. The Morgan fingerprint density at radius 1 is 0.880 bits per heavy atom. The van der Waals surface area contributed by atoms with E-state index in [-0.39, 0.29) is 32.4 Å². The Bertz CT molecular complexity index is 787. The number of hydrazine groups is 1. The first-order chi connectivity index (χ1) is 11.8. The molecule has 3 amide bonds. The topological polar surface area (TPSA) is 70.2 Å². The summed E-state index contributed by atoms with van der Waals surface area (Å²) in [5, 5.41) is 3.80. The molecule has 5 nitrogen and oxygen atoms in total. The van der Waals surface area contributed by atoms with Crippen LogP contribution in [0.4, 0.5) is 10.5 Å². The predicted octanol–water partition coefficient (Wildman–Crippen LogP) is 5.25. The molecule has 0 aliphatic rings. The molecule has 25 heavy (non-hydrogen) atoms. The highest BCUT2D eigenvalue weighted by Gasteiger charge is 2.10. The predicted molar refractivity (Wildman–Crippen MR) is 104 cm³/mol. The summed E-state index contributed by atoms with van der Waals surface area (Å²) in [5.41, 5.74) is 4.76. The first-order valence-electron chi connectivity index (χ1n) is 6.74. The van der Waals surface area contributed by atoms with Crippen LogP contribution in [0.5, 0.6) is 0 Å². The fourth-order valence-electron chi connectivity index (χ4n) is 1.61. The fraction of sp³-hybridized carbons (Fsp3) is 0.0667. The van der Waals surface area contributed by atoms with Gasteiger partial charge in [-0.2, -0.15) is 0 Å². The van der Waals surface area contributed by atoms with Crippen molar-refractivity contribution >= 4 is 75.8 Å². The number of anilines is 1. The second kappa shape index (κ2) is 9.40. The van der Waals surface area contributed by atoms with Crippen LogP contribution in [-0.2, 0) is 4.79 Å². The van der Waals surface area contributed by atoms with Crippen molar-refractivity contribution in [3.8, 4) is 0 Å². The number of hydrogen-bond donors (Lipinski definition) is 3. The molecule has 0 spiro atoms. The lowest BCUT2D eigenvalue weighted by Gasteiger charge is -2.11. The van der Waals surface area contributed by atoms with Gasteiger partial charge in [-0.3, -0.25) is 10.2 Å². The Kier molecular flexibility index (Phi) is 7.53. The molecule has 10 heteroatoms. The molecule has 132 valence electrons. The van der Waals surface area contributed by atoms with Gasteiger partial charge in [-0.25, -0.2) is 10.2 Å². The van der Waals surface area contributed by atoms with Crippen LogP contribution < -0.4 is 16.2 Å². The highest BCUT2D eigenvalue weighted by atomic mass is 35.5. The van der Waals surface area contributed by atoms with Crippen LogP contribution >= 0.6 is 58.2 Å². The number of carbonyl (C=O) groups is 2. The molecule has 0 aliphatic heterocycles. The Morgan fingerprint density at radius 2 is 1.52 bits per heavy atom. The third-order valence-electron chi connectivity index (χ3n) is 2.76. The molecule has 0 fully saturated rings. The monoisotopic (exact) mass is 437 g/mol. The minimum atomic E-state index is -0.676. The first-order valence-corrected chi connectivity index (χ1v) is 9.23. The molecule has 2 aromatic carbocycles. The lowest BCUT2D eigenvalue weighted by molar-refractivity contribution is -0.119. The van der Waals surface area contributed by atoms with E-state index in [1.165, 1.54) is 23.9 Å².